The van der Waals surface area contributed by atoms with Crippen molar-refractivity contribution in [2.45, 2.75) is 12.0 Å². The minimum absolute atomic E-state index is 0. The maximum absolute atomic E-state index is 13.0. The maximum atomic E-state index is 13.0. The zero-order chi connectivity index (χ0) is 13.1. The summed E-state index contributed by atoms with van der Waals surface area (Å²) in [5.41, 5.74) is -2.51. The van der Waals surface area contributed by atoms with Crippen LogP contribution in [0.3, 0.4) is 0 Å². The standard InChI is InChI=1S/C8H3BF7O.K/c10-7(11)5-2-1-4(9(14,15)16)3-6(5)17-8(7,12)13;/h1-3H;/q-1;+1. The Labute approximate surface area is 139 Å². The van der Waals surface area contributed by atoms with Gasteiger partial charge in [0.25, 0.3) is 0 Å². The zero-order valence-corrected chi connectivity index (χ0v) is 12.0. The van der Waals surface area contributed by atoms with E-state index in [-0.39, 0.29) is 57.5 Å². The number of benzene rings is 1. The van der Waals surface area contributed by atoms with E-state index >= 15 is 0 Å². The molecule has 0 aliphatic carbocycles. The van der Waals surface area contributed by atoms with Crippen molar-refractivity contribution in [3.8, 4) is 5.75 Å². The predicted molar refractivity (Wildman–Crippen MR) is 44.6 cm³/mol. The van der Waals surface area contributed by atoms with E-state index in [0.29, 0.717) is 12.1 Å². The molecule has 0 bridgehead atoms. The minimum Gasteiger partial charge on any atom is -0.445 e. The van der Waals surface area contributed by atoms with Crippen LogP contribution < -0.4 is 61.6 Å². The van der Waals surface area contributed by atoms with Gasteiger partial charge in [0.05, 0.1) is 5.56 Å². The Balaban J connectivity index is 0.00000162. The molecule has 0 amide bonds. The van der Waals surface area contributed by atoms with Crippen molar-refractivity contribution in [2.75, 3.05) is 0 Å². The smallest absolute Gasteiger partial charge is 0.445 e. The largest absolute Gasteiger partial charge is 1.00 e. The van der Waals surface area contributed by atoms with Gasteiger partial charge >= 0.3 is 70.4 Å². The summed E-state index contributed by atoms with van der Waals surface area (Å²) in [7, 11) is 0. The summed E-state index contributed by atoms with van der Waals surface area (Å²) in [6.07, 6.45) is -4.83. The van der Waals surface area contributed by atoms with Crippen LogP contribution in [0, 0.1) is 0 Å². The molecule has 1 aromatic carbocycles. The first-order valence-corrected chi connectivity index (χ1v) is 4.35. The number of halogens is 7. The van der Waals surface area contributed by atoms with Gasteiger partial charge in [0.1, 0.15) is 5.75 Å². The molecule has 1 nitrogen and oxygen atoms in total. The van der Waals surface area contributed by atoms with Gasteiger partial charge in [-0.25, -0.2) is 0 Å². The molecule has 0 aromatic heterocycles. The first kappa shape index (κ1) is 16.3. The molecule has 10 heteroatoms. The molecule has 18 heavy (non-hydrogen) atoms. The molecule has 1 aromatic rings. The molecule has 1 heterocycles. The van der Waals surface area contributed by atoms with Crippen molar-refractivity contribution in [3.63, 3.8) is 0 Å². The molecule has 1 aliphatic rings. The van der Waals surface area contributed by atoms with Crippen molar-refractivity contribution in [1.82, 2.24) is 0 Å². The van der Waals surface area contributed by atoms with E-state index in [1.165, 1.54) is 0 Å². The summed E-state index contributed by atoms with van der Waals surface area (Å²) in [5, 5.41) is 0. The molecular weight excluding hydrogens is 295 g/mol. The van der Waals surface area contributed by atoms with Gasteiger partial charge in [0.15, 0.2) is 0 Å². The van der Waals surface area contributed by atoms with E-state index < -0.39 is 35.8 Å². The Morgan fingerprint density at radius 3 is 2.06 bits per heavy atom. The van der Waals surface area contributed by atoms with Gasteiger partial charge in [-0.3, -0.25) is 0 Å². The Morgan fingerprint density at radius 1 is 1.00 bits per heavy atom. The zero-order valence-electron chi connectivity index (χ0n) is 8.86. The van der Waals surface area contributed by atoms with E-state index in [9.17, 15) is 30.5 Å². The molecule has 0 spiro atoms. The van der Waals surface area contributed by atoms with E-state index in [1.807, 2.05) is 0 Å². The van der Waals surface area contributed by atoms with Gasteiger partial charge in [-0.1, -0.05) is 12.1 Å². The van der Waals surface area contributed by atoms with Crippen LogP contribution >= 0.6 is 0 Å². The van der Waals surface area contributed by atoms with Crippen molar-refractivity contribution in [1.29, 1.82) is 0 Å². The summed E-state index contributed by atoms with van der Waals surface area (Å²) in [4.78, 5) is 0. The van der Waals surface area contributed by atoms with Crippen molar-refractivity contribution in [3.05, 3.63) is 23.8 Å². The molecule has 94 valence electrons. The Kier molecular flexibility index (Phi) is 4.21. The number of hydrogen-bond acceptors (Lipinski definition) is 1. The van der Waals surface area contributed by atoms with Crippen molar-refractivity contribution in [2.24, 2.45) is 0 Å². The van der Waals surface area contributed by atoms with Crippen LogP contribution in [0.1, 0.15) is 5.56 Å². The fourth-order valence-electron chi connectivity index (χ4n) is 1.45. The molecule has 0 saturated carbocycles. The Morgan fingerprint density at radius 2 is 1.56 bits per heavy atom. The third kappa shape index (κ3) is 2.45. The average Bonchev–Trinajstić information content (AvgIpc) is 2.31. The number of ether oxygens (including phenoxy) is 1. The molecule has 0 unspecified atom stereocenters. The summed E-state index contributed by atoms with van der Waals surface area (Å²) in [5.74, 6) is -5.77. The third-order valence-electron chi connectivity index (χ3n) is 2.33. The van der Waals surface area contributed by atoms with Gasteiger partial charge in [-0.05, 0) is 6.07 Å². The second-order valence-corrected chi connectivity index (χ2v) is 3.52. The fourth-order valence-corrected chi connectivity index (χ4v) is 1.45. The summed E-state index contributed by atoms with van der Waals surface area (Å²) < 4.78 is 91.8. The first-order valence-electron chi connectivity index (χ1n) is 4.35. The summed E-state index contributed by atoms with van der Waals surface area (Å²) in [6, 6.07) is 0.794. The monoisotopic (exact) mass is 298 g/mol. The molecule has 0 saturated heterocycles. The minimum atomic E-state index is -5.46. The number of hydrogen-bond donors (Lipinski definition) is 0. The molecule has 0 atom stereocenters. The van der Waals surface area contributed by atoms with Crippen LogP contribution in [0.2, 0.25) is 0 Å². The quantitative estimate of drug-likeness (QED) is 0.516. The van der Waals surface area contributed by atoms with Gasteiger partial charge in [0, 0.05) is 0 Å². The van der Waals surface area contributed by atoms with Crippen molar-refractivity contribution < 1.29 is 86.6 Å². The van der Waals surface area contributed by atoms with Crippen LogP contribution in [0.4, 0.5) is 30.5 Å². The molecule has 0 fully saturated rings. The Bertz CT molecular complexity index is 473. The SMILES string of the molecule is F[B-](F)(F)c1ccc2c(c1)OC(F)(F)C2(F)F.[K+]. The van der Waals surface area contributed by atoms with E-state index in [4.69, 9.17) is 0 Å². The summed E-state index contributed by atoms with van der Waals surface area (Å²) >= 11 is 0. The molecule has 1 aliphatic heterocycles. The first-order chi connectivity index (χ1) is 7.56. The molecule has 0 radical (unpaired) electrons. The number of alkyl halides is 4. The van der Waals surface area contributed by atoms with Crippen LogP contribution in [0.5, 0.6) is 5.75 Å². The molecular formula is C8H3BF7KO. The average molecular weight is 298 g/mol. The molecule has 0 N–H and O–H groups in total. The van der Waals surface area contributed by atoms with Crippen LogP contribution in [-0.4, -0.2) is 13.1 Å². The van der Waals surface area contributed by atoms with Crippen LogP contribution in [0.25, 0.3) is 0 Å². The summed E-state index contributed by atoms with van der Waals surface area (Å²) in [6.45, 7) is -5.46. The number of fused-ring (bicyclic) bond motifs is 1. The number of rotatable bonds is 1. The third-order valence-corrected chi connectivity index (χ3v) is 2.33. The van der Waals surface area contributed by atoms with E-state index in [2.05, 4.69) is 4.74 Å². The second kappa shape index (κ2) is 4.65. The fraction of sp³-hybridized carbons (Fsp3) is 0.250. The van der Waals surface area contributed by atoms with Crippen molar-refractivity contribution >= 4 is 12.4 Å². The van der Waals surface area contributed by atoms with Gasteiger partial charge in [0.2, 0.25) is 0 Å². The maximum Gasteiger partial charge on any atom is 1.00 e. The Hall–Kier alpha value is 0.231. The van der Waals surface area contributed by atoms with E-state index in [0.717, 1.165) is 0 Å². The van der Waals surface area contributed by atoms with Gasteiger partial charge in [-0.15, -0.1) is 5.46 Å². The van der Waals surface area contributed by atoms with E-state index in [1.54, 1.807) is 0 Å². The normalized spacial score (nSPS) is 19.7. The molecule has 2 rings (SSSR count). The second-order valence-electron chi connectivity index (χ2n) is 3.52. The topological polar surface area (TPSA) is 9.23 Å². The van der Waals surface area contributed by atoms with Crippen LogP contribution in [0.15, 0.2) is 18.2 Å². The predicted octanol–water partition coefficient (Wildman–Crippen LogP) is -0.178. The van der Waals surface area contributed by atoms with Gasteiger partial charge < -0.3 is 17.7 Å². The van der Waals surface area contributed by atoms with Gasteiger partial charge in [-0.2, -0.15) is 17.6 Å². The van der Waals surface area contributed by atoms with Crippen LogP contribution in [-0.2, 0) is 5.92 Å².